The largest absolute Gasteiger partial charge is 0.480 e. The van der Waals surface area contributed by atoms with E-state index in [1.165, 1.54) is 5.01 Å². The number of aromatic nitrogens is 1. The number of hydrogen-bond acceptors (Lipinski definition) is 3. The van der Waals surface area contributed by atoms with Gasteiger partial charge >= 0.3 is 5.97 Å². The van der Waals surface area contributed by atoms with E-state index in [0.717, 1.165) is 27.7 Å². The van der Waals surface area contributed by atoms with E-state index in [1.807, 2.05) is 42.5 Å². The number of halogens is 1. The second kappa shape index (κ2) is 5.63. The second-order valence-electron chi connectivity index (χ2n) is 5.99. The van der Waals surface area contributed by atoms with Crippen LogP contribution in [0.5, 0.6) is 0 Å². The number of aliphatic carboxylic acids is 1. The number of nitrogens with one attached hydrogen (secondary N) is 1. The molecule has 2 atom stereocenters. The highest BCUT2D eigenvalue weighted by Gasteiger charge is 2.40. The Kier molecular flexibility index (Phi) is 3.57. The molecule has 0 fully saturated rings. The Hall–Kier alpha value is -2.34. The molecule has 2 aromatic carbocycles. The molecule has 6 heteroatoms. The third-order valence-corrected chi connectivity index (χ3v) is 5.00. The molecule has 2 unspecified atom stereocenters. The second-order valence-corrected chi connectivity index (χ2v) is 6.40. The van der Waals surface area contributed by atoms with Gasteiger partial charge in [-0.15, -0.1) is 0 Å². The molecule has 0 radical (unpaired) electrons. The average Bonchev–Trinajstić information content (AvgIpc) is 2.93. The number of H-pyrrole nitrogens is 1. The van der Waals surface area contributed by atoms with E-state index in [0.29, 0.717) is 11.4 Å². The van der Waals surface area contributed by atoms with Crippen LogP contribution in [-0.4, -0.2) is 27.1 Å². The van der Waals surface area contributed by atoms with Crippen molar-refractivity contribution in [3.05, 3.63) is 70.4 Å². The van der Waals surface area contributed by atoms with Gasteiger partial charge in [0.25, 0.3) is 0 Å². The summed E-state index contributed by atoms with van der Waals surface area (Å²) in [5.74, 6) is 5.30. The molecule has 122 valence electrons. The number of hydrogen-bond donors (Lipinski definition) is 3. The lowest BCUT2D eigenvalue weighted by molar-refractivity contribution is -0.144. The maximum atomic E-state index is 11.7. The van der Waals surface area contributed by atoms with Crippen LogP contribution in [0.4, 0.5) is 0 Å². The molecule has 3 aromatic rings. The lowest BCUT2D eigenvalue weighted by atomic mass is 9.89. The zero-order valence-corrected chi connectivity index (χ0v) is 13.5. The Morgan fingerprint density at radius 3 is 2.67 bits per heavy atom. The van der Waals surface area contributed by atoms with Crippen molar-refractivity contribution in [3.63, 3.8) is 0 Å². The number of para-hydroxylation sites is 1. The topological polar surface area (TPSA) is 82.3 Å². The van der Waals surface area contributed by atoms with E-state index < -0.39 is 18.1 Å². The van der Waals surface area contributed by atoms with Gasteiger partial charge in [0.1, 0.15) is 6.04 Å². The minimum absolute atomic E-state index is 0.353. The summed E-state index contributed by atoms with van der Waals surface area (Å²) in [5, 5.41) is 12.6. The fourth-order valence-corrected chi connectivity index (χ4v) is 3.77. The first-order chi connectivity index (χ1) is 11.6. The normalized spacial score (nSPS) is 20.9. The summed E-state index contributed by atoms with van der Waals surface area (Å²) in [5.41, 5.74) is 3.66. The van der Waals surface area contributed by atoms with Gasteiger partial charge in [0.2, 0.25) is 0 Å². The molecule has 1 aliphatic rings. The van der Waals surface area contributed by atoms with E-state index in [9.17, 15) is 9.90 Å². The molecule has 0 saturated carbocycles. The Bertz CT molecular complexity index is 937. The van der Waals surface area contributed by atoms with Crippen molar-refractivity contribution in [2.24, 2.45) is 5.84 Å². The summed E-state index contributed by atoms with van der Waals surface area (Å²) in [4.78, 5) is 15.1. The van der Waals surface area contributed by atoms with Gasteiger partial charge in [-0.2, -0.15) is 0 Å². The number of aromatic amines is 1. The fraction of sp³-hybridized carbons (Fsp3) is 0.167. The minimum Gasteiger partial charge on any atom is -0.480 e. The maximum absolute atomic E-state index is 11.7. The summed E-state index contributed by atoms with van der Waals surface area (Å²) in [6, 6.07) is 14.0. The molecule has 5 nitrogen and oxygen atoms in total. The summed E-state index contributed by atoms with van der Waals surface area (Å²) >= 11 is 6.37. The zero-order valence-electron chi connectivity index (χ0n) is 12.7. The Balaban J connectivity index is 1.98. The van der Waals surface area contributed by atoms with Crippen LogP contribution in [0.15, 0.2) is 48.5 Å². The first-order valence-corrected chi connectivity index (χ1v) is 8.05. The average molecular weight is 342 g/mol. The first-order valence-electron chi connectivity index (χ1n) is 7.67. The van der Waals surface area contributed by atoms with Gasteiger partial charge in [0.05, 0.1) is 6.04 Å². The van der Waals surface area contributed by atoms with E-state index in [4.69, 9.17) is 17.4 Å². The SMILES string of the molecule is NN1C(C(=O)O)Cc2c([nH]c3ccccc23)C1c1ccccc1Cl. The van der Waals surface area contributed by atoms with Gasteiger partial charge in [0, 0.05) is 28.0 Å². The molecule has 0 bridgehead atoms. The van der Waals surface area contributed by atoms with E-state index in [-0.39, 0.29) is 0 Å². The highest BCUT2D eigenvalue weighted by Crippen LogP contribution is 2.41. The molecule has 0 amide bonds. The number of carboxylic acids is 1. The van der Waals surface area contributed by atoms with E-state index in [1.54, 1.807) is 6.07 Å². The molecule has 2 heterocycles. The number of nitrogens with zero attached hydrogens (tertiary/aromatic N) is 1. The van der Waals surface area contributed by atoms with Crippen LogP contribution in [0, 0.1) is 0 Å². The van der Waals surface area contributed by atoms with Crippen molar-refractivity contribution in [3.8, 4) is 0 Å². The molecule has 0 spiro atoms. The molecule has 1 aromatic heterocycles. The number of hydrazine groups is 1. The van der Waals surface area contributed by atoms with Gasteiger partial charge in [-0.05, 0) is 23.3 Å². The maximum Gasteiger partial charge on any atom is 0.322 e. The summed E-state index contributed by atoms with van der Waals surface area (Å²) in [6.45, 7) is 0. The number of carbonyl (C=O) groups is 1. The minimum atomic E-state index is -0.939. The van der Waals surface area contributed by atoms with E-state index in [2.05, 4.69) is 4.98 Å². The van der Waals surface area contributed by atoms with Gasteiger partial charge < -0.3 is 10.1 Å². The van der Waals surface area contributed by atoms with Crippen molar-refractivity contribution in [2.45, 2.75) is 18.5 Å². The Labute approximate surface area is 143 Å². The van der Waals surface area contributed by atoms with Crippen LogP contribution in [0.1, 0.15) is 22.9 Å². The summed E-state index contributed by atoms with van der Waals surface area (Å²) in [6.07, 6.45) is 0.353. The molecule has 24 heavy (non-hydrogen) atoms. The summed E-state index contributed by atoms with van der Waals surface area (Å²) in [7, 11) is 0. The number of nitrogens with two attached hydrogens (primary N) is 1. The molecular weight excluding hydrogens is 326 g/mol. The molecule has 4 rings (SSSR count). The molecular formula is C18H16ClN3O2. The van der Waals surface area contributed by atoms with Crippen LogP contribution in [0.3, 0.4) is 0 Å². The quantitative estimate of drug-likeness (QED) is 0.625. The lowest BCUT2D eigenvalue weighted by Gasteiger charge is -2.37. The first kappa shape index (κ1) is 15.2. The molecule has 0 saturated heterocycles. The number of fused-ring (bicyclic) bond motifs is 3. The third-order valence-electron chi connectivity index (χ3n) is 4.66. The van der Waals surface area contributed by atoms with E-state index >= 15 is 0 Å². The summed E-state index contributed by atoms with van der Waals surface area (Å²) < 4.78 is 0. The monoisotopic (exact) mass is 341 g/mol. The van der Waals surface area contributed by atoms with Crippen LogP contribution in [0.25, 0.3) is 10.9 Å². The predicted molar refractivity (Wildman–Crippen MR) is 92.7 cm³/mol. The van der Waals surface area contributed by atoms with Crippen molar-refractivity contribution in [2.75, 3.05) is 0 Å². The smallest absolute Gasteiger partial charge is 0.322 e. The van der Waals surface area contributed by atoms with Gasteiger partial charge in [0.15, 0.2) is 0 Å². The van der Waals surface area contributed by atoms with Gasteiger partial charge in [-0.1, -0.05) is 48.0 Å². The van der Waals surface area contributed by atoms with Crippen molar-refractivity contribution >= 4 is 28.5 Å². The standard InChI is InChI=1S/C18H16ClN3O2/c19-13-7-3-1-6-11(13)17-16-12(9-15(18(23)24)22(17)20)10-5-2-4-8-14(10)21-16/h1-8,15,17,21H,9,20H2,(H,23,24). The highest BCUT2D eigenvalue weighted by molar-refractivity contribution is 6.31. The number of rotatable bonds is 2. The molecule has 1 aliphatic heterocycles. The zero-order chi connectivity index (χ0) is 16.8. The van der Waals surface area contributed by atoms with Crippen LogP contribution in [0.2, 0.25) is 5.02 Å². The van der Waals surface area contributed by atoms with Crippen LogP contribution in [-0.2, 0) is 11.2 Å². The fourth-order valence-electron chi connectivity index (χ4n) is 3.53. The predicted octanol–water partition coefficient (Wildman–Crippen LogP) is 3.10. The Morgan fingerprint density at radius 1 is 1.21 bits per heavy atom. The number of carboxylic acid groups (broad SMARTS) is 1. The van der Waals surface area contributed by atoms with Crippen molar-refractivity contribution < 1.29 is 9.90 Å². The van der Waals surface area contributed by atoms with Gasteiger partial charge in [-0.3, -0.25) is 10.6 Å². The van der Waals surface area contributed by atoms with Crippen molar-refractivity contribution in [1.29, 1.82) is 0 Å². The van der Waals surface area contributed by atoms with Gasteiger partial charge in [-0.25, -0.2) is 5.01 Å². The van der Waals surface area contributed by atoms with Crippen LogP contribution >= 0.6 is 11.6 Å². The highest BCUT2D eigenvalue weighted by atomic mass is 35.5. The Morgan fingerprint density at radius 2 is 1.92 bits per heavy atom. The number of benzene rings is 2. The van der Waals surface area contributed by atoms with Crippen LogP contribution < -0.4 is 5.84 Å². The molecule has 0 aliphatic carbocycles. The van der Waals surface area contributed by atoms with Crippen molar-refractivity contribution in [1.82, 2.24) is 9.99 Å². The molecule has 4 N–H and O–H groups in total. The lowest BCUT2D eigenvalue weighted by Crippen LogP contribution is -2.52. The third kappa shape index (κ3) is 2.21.